The molecule has 1 N–H and O–H groups in total. The van der Waals surface area contributed by atoms with E-state index in [0.717, 1.165) is 24.0 Å². The topological polar surface area (TPSA) is 15.3 Å². The van der Waals surface area contributed by atoms with E-state index in [1.807, 2.05) is 0 Å². The molecule has 0 saturated carbocycles. The van der Waals surface area contributed by atoms with Gasteiger partial charge >= 0.3 is 0 Å². The van der Waals surface area contributed by atoms with Crippen molar-refractivity contribution >= 4 is 11.8 Å². The molecule has 0 aromatic heterocycles. The smallest absolute Gasteiger partial charge is 0.0117 e. The van der Waals surface area contributed by atoms with Gasteiger partial charge in [0.15, 0.2) is 0 Å². The zero-order valence-corrected chi connectivity index (χ0v) is 11.7. The van der Waals surface area contributed by atoms with Gasteiger partial charge in [-0.1, -0.05) is 6.92 Å². The van der Waals surface area contributed by atoms with E-state index >= 15 is 0 Å². The average Bonchev–Trinajstić information content (AvgIpc) is 2.34. The van der Waals surface area contributed by atoms with Gasteiger partial charge in [-0.25, -0.2) is 0 Å². The number of thioether (sulfide) groups is 1. The minimum absolute atomic E-state index is 0.726. The second kappa shape index (κ2) is 5.74. The summed E-state index contributed by atoms with van der Waals surface area (Å²) in [5.41, 5.74) is 0. The van der Waals surface area contributed by atoms with Crippen molar-refractivity contribution in [2.24, 2.45) is 5.92 Å². The molecule has 3 heteroatoms. The lowest BCUT2D eigenvalue weighted by molar-refractivity contribution is 0.0452. The Labute approximate surface area is 105 Å². The average molecular weight is 242 g/mol. The van der Waals surface area contributed by atoms with E-state index < -0.39 is 0 Å². The van der Waals surface area contributed by atoms with Crippen LogP contribution in [0, 0.1) is 5.92 Å². The Morgan fingerprint density at radius 1 is 1.12 bits per heavy atom. The van der Waals surface area contributed by atoms with E-state index in [2.05, 4.69) is 42.9 Å². The van der Waals surface area contributed by atoms with Gasteiger partial charge in [0.2, 0.25) is 0 Å². The van der Waals surface area contributed by atoms with Crippen LogP contribution in [0.3, 0.4) is 0 Å². The van der Waals surface area contributed by atoms with E-state index in [4.69, 9.17) is 0 Å². The number of rotatable bonds is 2. The maximum absolute atomic E-state index is 3.48. The zero-order chi connectivity index (χ0) is 11.5. The van der Waals surface area contributed by atoms with Crippen LogP contribution in [0.4, 0.5) is 0 Å². The molecule has 0 aromatic rings. The lowest BCUT2D eigenvalue weighted by Gasteiger charge is -2.47. The summed E-state index contributed by atoms with van der Waals surface area (Å²) in [5, 5.41) is 3.48. The van der Waals surface area contributed by atoms with Crippen molar-refractivity contribution in [3.05, 3.63) is 0 Å². The standard InChI is InChI=1S/C13H26N2S/c1-10-11(2)15(7-4-13(10)14-3)12-5-8-16-9-6-12/h10-14H,4-9H2,1-3H3. The molecule has 0 aliphatic carbocycles. The van der Waals surface area contributed by atoms with Gasteiger partial charge in [0.25, 0.3) is 0 Å². The molecule has 0 radical (unpaired) electrons. The van der Waals surface area contributed by atoms with Gasteiger partial charge in [-0.15, -0.1) is 0 Å². The van der Waals surface area contributed by atoms with Gasteiger partial charge in [0.1, 0.15) is 0 Å². The van der Waals surface area contributed by atoms with Gasteiger partial charge in [-0.3, -0.25) is 4.90 Å². The zero-order valence-electron chi connectivity index (χ0n) is 10.9. The summed E-state index contributed by atoms with van der Waals surface area (Å²) in [7, 11) is 2.11. The number of nitrogens with one attached hydrogen (secondary N) is 1. The van der Waals surface area contributed by atoms with Crippen molar-refractivity contribution in [2.45, 2.75) is 51.2 Å². The van der Waals surface area contributed by atoms with Gasteiger partial charge in [-0.05, 0) is 50.7 Å². The minimum atomic E-state index is 0.726. The number of hydrogen-bond acceptors (Lipinski definition) is 3. The first-order valence-electron chi connectivity index (χ1n) is 6.74. The van der Waals surface area contributed by atoms with Crippen LogP contribution in [0.5, 0.6) is 0 Å². The molecule has 3 atom stereocenters. The highest BCUT2D eigenvalue weighted by atomic mass is 32.2. The number of likely N-dealkylation sites (tertiary alicyclic amines) is 1. The molecule has 2 aliphatic heterocycles. The van der Waals surface area contributed by atoms with Crippen LogP contribution in [0.25, 0.3) is 0 Å². The molecule has 0 amide bonds. The number of nitrogens with zero attached hydrogens (tertiary/aromatic N) is 1. The first-order valence-corrected chi connectivity index (χ1v) is 7.90. The van der Waals surface area contributed by atoms with Gasteiger partial charge < -0.3 is 5.32 Å². The predicted molar refractivity (Wildman–Crippen MR) is 73.1 cm³/mol. The molecule has 2 aliphatic rings. The molecule has 0 spiro atoms. The fourth-order valence-electron chi connectivity index (χ4n) is 3.33. The maximum Gasteiger partial charge on any atom is 0.0117 e. The van der Waals surface area contributed by atoms with E-state index in [1.165, 1.54) is 37.3 Å². The first kappa shape index (κ1) is 12.7. The molecule has 2 fully saturated rings. The Bertz CT molecular complexity index is 216. The lowest BCUT2D eigenvalue weighted by Crippen LogP contribution is -2.56. The molecule has 2 heterocycles. The van der Waals surface area contributed by atoms with Crippen LogP contribution < -0.4 is 5.32 Å². The molecule has 0 bridgehead atoms. The van der Waals surface area contributed by atoms with E-state index in [-0.39, 0.29) is 0 Å². The normalized spacial score (nSPS) is 38.8. The Balaban J connectivity index is 1.95. The Morgan fingerprint density at radius 2 is 1.81 bits per heavy atom. The molecule has 0 aromatic carbocycles. The van der Waals surface area contributed by atoms with Crippen molar-refractivity contribution in [2.75, 3.05) is 25.1 Å². The number of piperidine rings is 1. The van der Waals surface area contributed by atoms with Crippen LogP contribution in [0.1, 0.15) is 33.1 Å². The third-order valence-electron chi connectivity index (χ3n) is 4.65. The van der Waals surface area contributed by atoms with Crippen molar-refractivity contribution in [3.63, 3.8) is 0 Å². The van der Waals surface area contributed by atoms with E-state index in [9.17, 15) is 0 Å². The summed E-state index contributed by atoms with van der Waals surface area (Å²) in [6.07, 6.45) is 4.14. The van der Waals surface area contributed by atoms with Crippen molar-refractivity contribution < 1.29 is 0 Å². The second-order valence-corrected chi connectivity index (χ2v) is 6.59. The lowest BCUT2D eigenvalue weighted by atomic mass is 9.85. The molecule has 2 nitrogen and oxygen atoms in total. The largest absolute Gasteiger partial charge is 0.317 e. The van der Waals surface area contributed by atoms with Crippen molar-refractivity contribution in [1.82, 2.24) is 10.2 Å². The van der Waals surface area contributed by atoms with Gasteiger partial charge in [0, 0.05) is 24.7 Å². The second-order valence-electron chi connectivity index (χ2n) is 5.36. The van der Waals surface area contributed by atoms with Crippen LogP contribution in [-0.4, -0.2) is 48.1 Å². The highest BCUT2D eigenvalue weighted by Crippen LogP contribution is 2.30. The first-order chi connectivity index (χ1) is 7.74. The minimum Gasteiger partial charge on any atom is -0.317 e. The summed E-state index contributed by atoms with van der Waals surface area (Å²) in [4.78, 5) is 2.79. The summed E-state index contributed by atoms with van der Waals surface area (Å²) >= 11 is 2.13. The summed E-state index contributed by atoms with van der Waals surface area (Å²) in [5.74, 6) is 3.53. The van der Waals surface area contributed by atoms with Crippen molar-refractivity contribution in [3.8, 4) is 0 Å². The predicted octanol–water partition coefficient (Wildman–Crippen LogP) is 2.20. The molecular formula is C13H26N2S. The monoisotopic (exact) mass is 242 g/mol. The fraction of sp³-hybridized carbons (Fsp3) is 1.00. The van der Waals surface area contributed by atoms with Crippen molar-refractivity contribution in [1.29, 1.82) is 0 Å². The van der Waals surface area contributed by atoms with E-state index in [0.29, 0.717) is 0 Å². The molecule has 16 heavy (non-hydrogen) atoms. The summed E-state index contributed by atoms with van der Waals surface area (Å²) in [6.45, 7) is 6.14. The molecular weight excluding hydrogens is 216 g/mol. The van der Waals surface area contributed by atoms with Crippen LogP contribution >= 0.6 is 11.8 Å². The number of hydrogen-bond donors (Lipinski definition) is 1. The summed E-state index contributed by atoms with van der Waals surface area (Å²) < 4.78 is 0. The molecule has 94 valence electrons. The highest BCUT2D eigenvalue weighted by molar-refractivity contribution is 7.99. The third kappa shape index (κ3) is 2.57. The van der Waals surface area contributed by atoms with Crippen LogP contribution in [0.2, 0.25) is 0 Å². The van der Waals surface area contributed by atoms with Crippen LogP contribution in [-0.2, 0) is 0 Å². The Morgan fingerprint density at radius 3 is 2.44 bits per heavy atom. The molecule has 3 unspecified atom stereocenters. The van der Waals surface area contributed by atoms with Gasteiger partial charge in [-0.2, -0.15) is 11.8 Å². The highest BCUT2D eigenvalue weighted by Gasteiger charge is 2.35. The Kier molecular flexibility index (Phi) is 4.57. The SMILES string of the molecule is CNC1CCN(C2CCSCC2)C(C)C1C. The molecule has 2 saturated heterocycles. The Hall–Kier alpha value is 0.270. The fourth-order valence-corrected chi connectivity index (χ4v) is 4.41. The quantitative estimate of drug-likeness (QED) is 0.799. The third-order valence-corrected chi connectivity index (χ3v) is 5.70. The molecule has 2 rings (SSSR count). The summed E-state index contributed by atoms with van der Waals surface area (Å²) in [6, 6.07) is 2.35. The van der Waals surface area contributed by atoms with E-state index in [1.54, 1.807) is 0 Å². The maximum atomic E-state index is 3.48. The van der Waals surface area contributed by atoms with Gasteiger partial charge in [0.05, 0.1) is 0 Å². The van der Waals surface area contributed by atoms with Crippen LogP contribution in [0.15, 0.2) is 0 Å².